The van der Waals surface area contributed by atoms with E-state index in [4.69, 9.17) is 9.84 Å². The SMILES string of the molecule is O=C1NC(=O)N(c2ccc(Br)cc2)C(=O)/C1=C/c1ccc(OCc2cccc(C(=O)O)c2)cc1. The van der Waals surface area contributed by atoms with Crippen molar-refractivity contribution in [2.75, 3.05) is 4.90 Å². The van der Waals surface area contributed by atoms with Gasteiger partial charge < -0.3 is 9.84 Å². The molecular formula is C25H17BrN2O6. The highest BCUT2D eigenvalue weighted by atomic mass is 79.9. The number of hydrogen-bond acceptors (Lipinski definition) is 5. The van der Waals surface area contributed by atoms with E-state index in [1.54, 1.807) is 60.7 Å². The predicted octanol–water partition coefficient (Wildman–Crippen LogP) is 4.39. The lowest BCUT2D eigenvalue weighted by atomic mass is 10.1. The van der Waals surface area contributed by atoms with Crippen molar-refractivity contribution in [3.8, 4) is 5.75 Å². The monoisotopic (exact) mass is 520 g/mol. The third-order valence-corrected chi connectivity index (χ3v) is 5.49. The second-order valence-corrected chi connectivity index (χ2v) is 8.21. The summed E-state index contributed by atoms with van der Waals surface area (Å²) < 4.78 is 6.48. The zero-order chi connectivity index (χ0) is 24.2. The second kappa shape index (κ2) is 9.72. The van der Waals surface area contributed by atoms with Gasteiger partial charge in [0, 0.05) is 4.47 Å². The number of imide groups is 2. The van der Waals surface area contributed by atoms with E-state index >= 15 is 0 Å². The van der Waals surface area contributed by atoms with Gasteiger partial charge in [0.2, 0.25) is 0 Å². The molecule has 1 heterocycles. The van der Waals surface area contributed by atoms with Crippen LogP contribution in [0.1, 0.15) is 21.5 Å². The first kappa shape index (κ1) is 22.9. The molecule has 0 unspecified atom stereocenters. The minimum Gasteiger partial charge on any atom is -0.489 e. The number of nitrogens with one attached hydrogen (secondary N) is 1. The number of hydrogen-bond donors (Lipinski definition) is 2. The number of carbonyl (C=O) groups excluding carboxylic acids is 3. The minimum atomic E-state index is -1.01. The number of barbiturate groups is 1. The van der Waals surface area contributed by atoms with Gasteiger partial charge in [0.05, 0.1) is 11.3 Å². The molecule has 1 aliphatic heterocycles. The molecule has 1 saturated heterocycles. The van der Waals surface area contributed by atoms with E-state index in [-0.39, 0.29) is 17.7 Å². The quantitative estimate of drug-likeness (QED) is 0.368. The molecule has 4 rings (SSSR count). The number of halogens is 1. The second-order valence-electron chi connectivity index (χ2n) is 7.30. The molecule has 1 aliphatic rings. The van der Waals surface area contributed by atoms with Gasteiger partial charge in [-0.2, -0.15) is 0 Å². The maximum absolute atomic E-state index is 12.9. The molecule has 4 amide bonds. The van der Waals surface area contributed by atoms with Crippen molar-refractivity contribution in [1.29, 1.82) is 0 Å². The number of ether oxygens (including phenoxy) is 1. The molecule has 0 bridgehead atoms. The fourth-order valence-corrected chi connectivity index (χ4v) is 3.53. The minimum absolute atomic E-state index is 0.173. The molecular weight excluding hydrogens is 504 g/mol. The predicted molar refractivity (Wildman–Crippen MR) is 127 cm³/mol. The Morgan fingerprint density at radius 1 is 1.00 bits per heavy atom. The Morgan fingerprint density at radius 2 is 1.71 bits per heavy atom. The summed E-state index contributed by atoms with van der Waals surface area (Å²) in [5.41, 5.74) is 1.59. The lowest BCUT2D eigenvalue weighted by Gasteiger charge is -2.26. The van der Waals surface area contributed by atoms with Gasteiger partial charge in [-0.15, -0.1) is 0 Å². The number of aromatic carboxylic acids is 1. The number of carboxylic acids is 1. The van der Waals surface area contributed by atoms with E-state index in [9.17, 15) is 19.2 Å². The molecule has 9 heteroatoms. The number of benzene rings is 3. The molecule has 3 aromatic rings. The Balaban J connectivity index is 1.49. The number of nitrogens with zero attached hydrogens (tertiary/aromatic N) is 1. The van der Waals surface area contributed by atoms with Crippen molar-refractivity contribution in [2.24, 2.45) is 0 Å². The maximum atomic E-state index is 12.9. The lowest BCUT2D eigenvalue weighted by Crippen LogP contribution is -2.54. The standard InChI is InChI=1S/C25H17BrN2O6/c26-18-6-8-19(9-7-18)28-23(30)21(22(29)27-25(28)33)13-15-4-10-20(11-5-15)34-14-16-2-1-3-17(12-16)24(31)32/h1-13H,14H2,(H,31,32)(H,27,29,33)/b21-13+. The summed E-state index contributed by atoms with van der Waals surface area (Å²) in [5, 5.41) is 11.3. The molecule has 0 aliphatic carbocycles. The van der Waals surface area contributed by atoms with Crippen LogP contribution in [0.3, 0.4) is 0 Å². The van der Waals surface area contributed by atoms with Gasteiger partial charge in [-0.25, -0.2) is 14.5 Å². The van der Waals surface area contributed by atoms with Crippen molar-refractivity contribution < 1.29 is 29.0 Å². The molecule has 34 heavy (non-hydrogen) atoms. The molecule has 0 saturated carbocycles. The summed E-state index contributed by atoms with van der Waals surface area (Å²) in [6.07, 6.45) is 1.40. The molecule has 1 fully saturated rings. The van der Waals surface area contributed by atoms with Gasteiger partial charge in [-0.05, 0) is 65.7 Å². The van der Waals surface area contributed by atoms with Gasteiger partial charge in [0.1, 0.15) is 17.9 Å². The Morgan fingerprint density at radius 3 is 2.38 bits per heavy atom. The van der Waals surface area contributed by atoms with Crippen molar-refractivity contribution in [3.63, 3.8) is 0 Å². The topological polar surface area (TPSA) is 113 Å². The van der Waals surface area contributed by atoms with Crippen LogP contribution < -0.4 is 15.0 Å². The van der Waals surface area contributed by atoms with E-state index in [1.807, 2.05) is 0 Å². The van der Waals surface area contributed by atoms with Gasteiger partial charge in [-0.1, -0.05) is 40.2 Å². The van der Waals surface area contributed by atoms with Crippen LogP contribution in [-0.4, -0.2) is 28.9 Å². The molecule has 3 aromatic carbocycles. The molecule has 0 atom stereocenters. The van der Waals surface area contributed by atoms with Crippen molar-refractivity contribution >= 4 is 51.5 Å². The Kier molecular flexibility index (Phi) is 6.55. The van der Waals surface area contributed by atoms with Crippen molar-refractivity contribution in [3.05, 3.63) is 99.5 Å². The Hall–Kier alpha value is -4.24. The molecule has 8 nitrogen and oxygen atoms in total. The van der Waals surface area contributed by atoms with Crippen molar-refractivity contribution in [2.45, 2.75) is 6.61 Å². The summed E-state index contributed by atoms with van der Waals surface area (Å²) in [6.45, 7) is 0.173. The smallest absolute Gasteiger partial charge is 0.335 e. The highest BCUT2D eigenvalue weighted by Gasteiger charge is 2.36. The van der Waals surface area contributed by atoms with Crippen LogP contribution in [0.25, 0.3) is 6.08 Å². The molecule has 170 valence electrons. The summed E-state index contributed by atoms with van der Waals surface area (Å²) >= 11 is 3.30. The van der Waals surface area contributed by atoms with E-state index in [0.29, 0.717) is 22.6 Å². The number of amides is 4. The van der Waals surface area contributed by atoms with Crippen LogP contribution in [-0.2, 0) is 16.2 Å². The summed E-state index contributed by atoms with van der Waals surface area (Å²) in [7, 11) is 0. The third kappa shape index (κ3) is 5.05. The molecule has 0 aromatic heterocycles. The van der Waals surface area contributed by atoms with Crippen LogP contribution in [0.15, 0.2) is 82.8 Å². The van der Waals surface area contributed by atoms with Gasteiger partial charge in [0.25, 0.3) is 11.8 Å². The number of urea groups is 1. The van der Waals surface area contributed by atoms with E-state index in [2.05, 4.69) is 21.2 Å². The van der Waals surface area contributed by atoms with E-state index in [1.165, 1.54) is 18.2 Å². The van der Waals surface area contributed by atoms with Gasteiger partial charge in [-0.3, -0.25) is 14.9 Å². The normalized spacial score (nSPS) is 14.8. The van der Waals surface area contributed by atoms with Crippen LogP contribution in [0.5, 0.6) is 5.75 Å². The first-order chi connectivity index (χ1) is 16.3. The van der Waals surface area contributed by atoms with E-state index < -0.39 is 23.8 Å². The highest BCUT2D eigenvalue weighted by molar-refractivity contribution is 9.10. The third-order valence-electron chi connectivity index (χ3n) is 4.96. The Bertz CT molecular complexity index is 1320. The number of carbonyl (C=O) groups is 4. The summed E-state index contributed by atoms with van der Waals surface area (Å²) in [5.74, 6) is -1.99. The van der Waals surface area contributed by atoms with Crippen LogP contribution in [0.2, 0.25) is 0 Å². The fraction of sp³-hybridized carbons (Fsp3) is 0.0400. The average molecular weight is 521 g/mol. The average Bonchev–Trinajstić information content (AvgIpc) is 2.82. The number of anilines is 1. The lowest BCUT2D eigenvalue weighted by molar-refractivity contribution is -0.122. The van der Waals surface area contributed by atoms with E-state index in [0.717, 1.165) is 9.37 Å². The maximum Gasteiger partial charge on any atom is 0.335 e. The highest BCUT2D eigenvalue weighted by Crippen LogP contribution is 2.24. The van der Waals surface area contributed by atoms with Gasteiger partial charge >= 0.3 is 12.0 Å². The zero-order valence-electron chi connectivity index (χ0n) is 17.5. The summed E-state index contributed by atoms with van der Waals surface area (Å²) in [6, 6.07) is 18.8. The summed E-state index contributed by atoms with van der Waals surface area (Å²) in [4.78, 5) is 49.5. The molecule has 0 radical (unpaired) electrons. The zero-order valence-corrected chi connectivity index (χ0v) is 19.1. The Labute approximate surface area is 202 Å². The molecule has 0 spiro atoms. The number of rotatable bonds is 6. The first-order valence-corrected chi connectivity index (χ1v) is 10.8. The fourth-order valence-electron chi connectivity index (χ4n) is 3.27. The molecule has 2 N–H and O–H groups in total. The first-order valence-electron chi connectivity index (χ1n) is 10.0. The van der Waals surface area contributed by atoms with Crippen LogP contribution in [0, 0.1) is 0 Å². The van der Waals surface area contributed by atoms with Gasteiger partial charge in [0.15, 0.2) is 0 Å². The van der Waals surface area contributed by atoms with Crippen LogP contribution >= 0.6 is 15.9 Å². The number of carboxylic acid groups (broad SMARTS) is 1. The van der Waals surface area contributed by atoms with Crippen LogP contribution in [0.4, 0.5) is 10.5 Å². The largest absolute Gasteiger partial charge is 0.489 e. The van der Waals surface area contributed by atoms with Crippen molar-refractivity contribution in [1.82, 2.24) is 5.32 Å².